The topological polar surface area (TPSA) is 4.93 Å². The Morgan fingerprint density at radius 1 is 0.481 bits per heavy atom. The van der Waals surface area contributed by atoms with Crippen LogP contribution in [-0.4, -0.2) is 4.57 Å². The highest BCUT2D eigenvalue weighted by molar-refractivity contribution is 6.09. The Labute approximate surface area is 158 Å². The van der Waals surface area contributed by atoms with Crippen LogP contribution in [0.3, 0.4) is 0 Å². The summed E-state index contributed by atoms with van der Waals surface area (Å²) >= 11 is 0. The molecule has 0 bridgehead atoms. The molecule has 0 N–H and O–H groups in total. The van der Waals surface area contributed by atoms with Gasteiger partial charge in [0.05, 0.1) is 11.0 Å². The summed E-state index contributed by atoms with van der Waals surface area (Å²) in [7, 11) is 0. The predicted molar refractivity (Wildman–Crippen MR) is 116 cm³/mol. The first-order valence-electron chi connectivity index (χ1n) is 9.22. The van der Waals surface area contributed by atoms with E-state index in [0.717, 1.165) is 0 Å². The van der Waals surface area contributed by atoms with E-state index in [2.05, 4.69) is 114 Å². The molecule has 5 aromatic rings. The summed E-state index contributed by atoms with van der Waals surface area (Å²) in [6.45, 7) is 0. The van der Waals surface area contributed by atoms with Gasteiger partial charge in [0.2, 0.25) is 0 Å². The quantitative estimate of drug-likeness (QED) is 0.312. The Bertz CT molecular complexity index is 1250. The van der Waals surface area contributed by atoms with Crippen molar-refractivity contribution in [2.75, 3.05) is 0 Å². The van der Waals surface area contributed by atoms with Gasteiger partial charge in [0.15, 0.2) is 0 Å². The fourth-order valence-electron chi connectivity index (χ4n) is 3.71. The van der Waals surface area contributed by atoms with Gasteiger partial charge >= 0.3 is 0 Å². The summed E-state index contributed by atoms with van der Waals surface area (Å²) in [6, 6.07) is 36.3. The van der Waals surface area contributed by atoms with Crippen LogP contribution in [0.4, 0.5) is 0 Å². The molecule has 0 amide bonds. The SMILES string of the molecule is C(=Cc1ccc2c(c1)c1ccccc1n2-c1ccccc1)c1ccccc1. The maximum Gasteiger partial charge on any atom is 0.0541 e. The lowest BCUT2D eigenvalue weighted by molar-refractivity contribution is 1.18. The minimum atomic E-state index is 1.19. The third-order valence-electron chi connectivity index (χ3n) is 4.98. The minimum absolute atomic E-state index is 1.19. The Kier molecular flexibility index (Phi) is 3.84. The van der Waals surface area contributed by atoms with E-state index in [1.54, 1.807) is 0 Å². The number of fused-ring (bicyclic) bond motifs is 3. The van der Waals surface area contributed by atoms with Crippen molar-refractivity contribution >= 4 is 34.0 Å². The molecule has 0 saturated carbocycles. The van der Waals surface area contributed by atoms with Crippen LogP contribution in [0, 0.1) is 0 Å². The van der Waals surface area contributed by atoms with Crippen molar-refractivity contribution in [2.45, 2.75) is 0 Å². The lowest BCUT2D eigenvalue weighted by atomic mass is 10.1. The van der Waals surface area contributed by atoms with E-state index in [0.29, 0.717) is 0 Å². The number of rotatable bonds is 3. The lowest BCUT2D eigenvalue weighted by Crippen LogP contribution is -1.92. The number of aromatic nitrogens is 1. The molecule has 0 aliphatic heterocycles. The van der Waals surface area contributed by atoms with Crippen LogP contribution in [0.15, 0.2) is 103 Å². The Hall–Kier alpha value is -3.58. The standard InChI is InChI=1S/C26H19N/c1-3-9-20(10-4-1)15-16-21-17-18-26-24(19-21)23-13-7-8-14-25(23)27(26)22-11-5-2-6-12-22/h1-19H. The second-order valence-electron chi connectivity index (χ2n) is 6.71. The van der Waals surface area contributed by atoms with Gasteiger partial charge in [0, 0.05) is 16.5 Å². The van der Waals surface area contributed by atoms with Gasteiger partial charge in [-0.05, 0) is 41.5 Å². The number of nitrogens with zero attached hydrogens (tertiary/aromatic N) is 1. The summed E-state index contributed by atoms with van der Waals surface area (Å²) in [5, 5.41) is 2.57. The van der Waals surface area contributed by atoms with Gasteiger partial charge in [-0.15, -0.1) is 0 Å². The fraction of sp³-hybridized carbons (Fsp3) is 0. The summed E-state index contributed by atoms with van der Waals surface area (Å²) in [5.41, 5.74) is 6.09. The highest BCUT2D eigenvalue weighted by Gasteiger charge is 2.11. The van der Waals surface area contributed by atoms with Crippen LogP contribution < -0.4 is 0 Å². The number of para-hydroxylation sites is 2. The van der Waals surface area contributed by atoms with Crippen LogP contribution in [0.25, 0.3) is 39.6 Å². The molecule has 1 heterocycles. The first-order chi connectivity index (χ1) is 13.4. The first-order valence-corrected chi connectivity index (χ1v) is 9.22. The first kappa shape index (κ1) is 15.7. The monoisotopic (exact) mass is 345 g/mol. The van der Waals surface area contributed by atoms with Crippen LogP contribution in [0.5, 0.6) is 0 Å². The summed E-state index contributed by atoms with van der Waals surface area (Å²) in [6.07, 6.45) is 4.35. The van der Waals surface area contributed by atoms with Gasteiger partial charge in [0.25, 0.3) is 0 Å². The Morgan fingerprint density at radius 3 is 1.93 bits per heavy atom. The van der Waals surface area contributed by atoms with Crippen LogP contribution >= 0.6 is 0 Å². The van der Waals surface area contributed by atoms with Crippen molar-refractivity contribution in [1.29, 1.82) is 0 Å². The van der Waals surface area contributed by atoms with Gasteiger partial charge in [-0.25, -0.2) is 0 Å². The van der Waals surface area contributed by atoms with Gasteiger partial charge in [0.1, 0.15) is 0 Å². The second-order valence-corrected chi connectivity index (χ2v) is 6.71. The molecule has 4 aromatic carbocycles. The average Bonchev–Trinajstić information content (AvgIpc) is 3.07. The van der Waals surface area contributed by atoms with E-state index in [1.807, 2.05) is 6.07 Å². The molecular weight excluding hydrogens is 326 g/mol. The van der Waals surface area contributed by atoms with Gasteiger partial charge in [-0.2, -0.15) is 0 Å². The number of benzene rings is 4. The molecule has 0 radical (unpaired) electrons. The van der Waals surface area contributed by atoms with E-state index >= 15 is 0 Å². The maximum atomic E-state index is 2.34. The molecule has 1 heteroatoms. The van der Waals surface area contributed by atoms with Gasteiger partial charge in [-0.3, -0.25) is 0 Å². The molecule has 1 nitrogen and oxygen atoms in total. The van der Waals surface area contributed by atoms with E-state index in [4.69, 9.17) is 0 Å². The molecule has 1 aromatic heterocycles. The van der Waals surface area contributed by atoms with E-state index in [-0.39, 0.29) is 0 Å². The average molecular weight is 345 g/mol. The Morgan fingerprint density at radius 2 is 1.11 bits per heavy atom. The number of hydrogen-bond donors (Lipinski definition) is 0. The minimum Gasteiger partial charge on any atom is -0.309 e. The fourth-order valence-corrected chi connectivity index (χ4v) is 3.71. The zero-order valence-electron chi connectivity index (χ0n) is 14.9. The van der Waals surface area contributed by atoms with Crippen molar-refractivity contribution in [3.8, 4) is 5.69 Å². The molecule has 27 heavy (non-hydrogen) atoms. The van der Waals surface area contributed by atoms with Gasteiger partial charge in [-0.1, -0.05) is 84.9 Å². The molecule has 128 valence electrons. The molecule has 5 rings (SSSR count). The van der Waals surface area contributed by atoms with Crippen molar-refractivity contribution in [3.63, 3.8) is 0 Å². The molecule has 0 unspecified atom stereocenters. The van der Waals surface area contributed by atoms with Gasteiger partial charge < -0.3 is 4.57 Å². The molecule has 0 aliphatic rings. The van der Waals surface area contributed by atoms with Crippen LogP contribution in [0.2, 0.25) is 0 Å². The van der Waals surface area contributed by atoms with E-state index in [9.17, 15) is 0 Å². The second kappa shape index (κ2) is 6.62. The summed E-state index contributed by atoms with van der Waals surface area (Å²) < 4.78 is 2.34. The number of hydrogen-bond acceptors (Lipinski definition) is 0. The molecule has 0 saturated heterocycles. The van der Waals surface area contributed by atoms with Crippen LogP contribution in [-0.2, 0) is 0 Å². The predicted octanol–water partition coefficient (Wildman–Crippen LogP) is 6.95. The molecule has 0 atom stereocenters. The van der Waals surface area contributed by atoms with Crippen molar-refractivity contribution in [3.05, 3.63) is 114 Å². The van der Waals surface area contributed by atoms with Crippen molar-refractivity contribution in [2.24, 2.45) is 0 Å². The van der Waals surface area contributed by atoms with E-state index in [1.165, 1.54) is 38.6 Å². The highest BCUT2D eigenvalue weighted by Crippen LogP contribution is 2.32. The molecular formula is C26H19N. The zero-order valence-corrected chi connectivity index (χ0v) is 14.9. The zero-order chi connectivity index (χ0) is 18.1. The third-order valence-corrected chi connectivity index (χ3v) is 4.98. The lowest BCUT2D eigenvalue weighted by Gasteiger charge is -2.07. The molecule has 0 aliphatic carbocycles. The normalized spacial score (nSPS) is 11.6. The van der Waals surface area contributed by atoms with Crippen molar-refractivity contribution < 1.29 is 0 Å². The summed E-state index contributed by atoms with van der Waals surface area (Å²) in [5.74, 6) is 0. The largest absolute Gasteiger partial charge is 0.309 e. The Balaban J connectivity index is 1.70. The highest BCUT2D eigenvalue weighted by atomic mass is 15.0. The molecule has 0 spiro atoms. The van der Waals surface area contributed by atoms with Crippen molar-refractivity contribution in [1.82, 2.24) is 4.57 Å². The van der Waals surface area contributed by atoms with E-state index < -0.39 is 0 Å². The summed E-state index contributed by atoms with van der Waals surface area (Å²) in [4.78, 5) is 0. The third kappa shape index (κ3) is 2.84. The van der Waals surface area contributed by atoms with Crippen LogP contribution in [0.1, 0.15) is 11.1 Å². The molecule has 0 fully saturated rings. The maximum absolute atomic E-state index is 2.34. The smallest absolute Gasteiger partial charge is 0.0541 e.